The Kier molecular flexibility index (Phi) is 5.39. The summed E-state index contributed by atoms with van der Waals surface area (Å²) >= 11 is 0. The van der Waals surface area contributed by atoms with Crippen molar-refractivity contribution < 1.29 is 4.74 Å². The Morgan fingerprint density at radius 2 is 2.19 bits per heavy atom. The molecule has 114 valence electrons. The van der Waals surface area contributed by atoms with Crippen LogP contribution in [-0.2, 0) is 6.54 Å². The molecule has 0 aliphatic carbocycles. The normalized spacial score (nSPS) is 12.4. The van der Waals surface area contributed by atoms with Crippen LogP contribution in [0, 0.1) is 6.92 Å². The Balaban J connectivity index is 2.10. The molecule has 1 aromatic carbocycles. The first-order valence-corrected chi connectivity index (χ1v) is 7.53. The average molecular weight is 287 g/mol. The van der Waals surface area contributed by atoms with E-state index in [4.69, 9.17) is 4.74 Å². The molecule has 4 nitrogen and oxygen atoms in total. The molecule has 0 radical (unpaired) electrons. The minimum absolute atomic E-state index is 0.332. The fourth-order valence-electron chi connectivity index (χ4n) is 2.37. The maximum absolute atomic E-state index is 5.43. The molecule has 1 N–H and O–H groups in total. The molecular weight excluding hydrogens is 262 g/mol. The van der Waals surface area contributed by atoms with Crippen LogP contribution in [0.25, 0.3) is 0 Å². The molecule has 0 aliphatic rings. The molecule has 0 spiro atoms. The highest BCUT2D eigenvalue weighted by molar-refractivity contribution is 5.37. The molecule has 0 fully saturated rings. The van der Waals surface area contributed by atoms with Crippen molar-refractivity contribution in [1.29, 1.82) is 0 Å². The fraction of sp³-hybridized carbons (Fsp3) is 0.471. The van der Waals surface area contributed by atoms with Gasteiger partial charge in [0.25, 0.3) is 0 Å². The lowest BCUT2D eigenvalue weighted by atomic mass is 10.1. The zero-order valence-electron chi connectivity index (χ0n) is 13.4. The van der Waals surface area contributed by atoms with Crippen molar-refractivity contribution in [2.45, 2.75) is 39.8 Å². The standard InChI is InChI=1S/C17H25N3O/c1-5-8-18-14(3)16-10-19-20(12-16)11-15-9-13(2)6-7-17(15)21-4/h6-7,9-10,12,14,18H,5,8,11H2,1-4H3. The topological polar surface area (TPSA) is 39.1 Å². The van der Waals surface area contributed by atoms with E-state index < -0.39 is 0 Å². The van der Waals surface area contributed by atoms with Crippen LogP contribution in [0.2, 0.25) is 0 Å². The molecule has 1 heterocycles. The van der Waals surface area contributed by atoms with Crippen LogP contribution in [0.3, 0.4) is 0 Å². The maximum atomic E-state index is 5.43. The van der Waals surface area contributed by atoms with E-state index in [1.165, 1.54) is 11.1 Å². The Hall–Kier alpha value is -1.81. The van der Waals surface area contributed by atoms with Gasteiger partial charge in [-0.25, -0.2) is 0 Å². The van der Waals surface area contributed by atoms with Crippen molar-refractivity contribution in [3.8, 4) is 5.75 Å². The van der Waals surface area contributed by atoms with E-state index in [2.05, 4.69) is 49.5 Å². The number of methoxy groups -OCH3 is 1. The number of nitrogens with zero attached hydrogens (tertiary/aromatic N) is 2. The molecule has 0 amide bonds. The zero-order chi connectivity index (χ0) is 15.2. The summed E-state index contributed by atoms with van der Waals surface area (Å²) in [7, 11) is 1.71. The molecular formula is C17H25N3O. The van der Waals surface area contributed by atoms with Gasteiger partial charge in [0, 0.05) is 23.4 Å². The van der Waals surface area contributed by atoms with Crippen molar-refractivity contribution in [3.63, 3.8) is 0 Å². The van der Waals surface area contributed by atoms with Gasteiger partial charge in [-0.1, -0.05) is 24.6 Å². The van der Waals surface area contributed by atoms with Crippen molar-refractivity contribution in [2.75, 3.05) is 13.7 Å². The average Bonchev–Trinajstić information content (AvgIpc) is 2.93. The monoisotopic (exact) mass is 287 g/mol. The molecule has 4 heteroatoms. The second-order valence-corrected chi connectivity index (χ2v) is 5.46. The summed E-state index contributed by atoms with van der Waals surface area (Å²) in [5.74, 6) is 0.912. The number of rotatable bonds is 7. The van der Waals surface area contributed by atoms with Crippen molar-refractivity contribution in [1.82, 2.24) is 15.1 Å². The van der Waals surface area contributed by atoms with Gasteiger partial charge in [0.15, 0.2) is 0 Å². The summed E-state index contributed by atoms with van der Waals surface area (Å²) in [6.45, 7) is 8.19. The molecule has 2 rings (SSSR count). The first-order chi connectivity index (χ1) is 10.1. The predicted octanol–water partition coefficient (Wildman–Crippen LogP) is 3.31. The van der Waals surface area contributed by atoms with E-state index >= 15 is 0 Å². The molecule has 0 saturated carbocycles. The van der Waals surface area contributed by atoms with Gasteiger partial charge in [0.1, 0.15) is 5.75 Å². The van der Waals surface area contributed by atoms with Crippen LogP contribution in [0.1, 0.15) is 43.0 Å². The lowest BCUT2D eigenvalue weighted by Gasteiger charge is -2.11. The van der Waals surface area contributed by atoms with Gasteiger partial charge < -0.3 is 10.1 Å². The molecule has 1 unspecified atom stereocenters. The number of benzene rings is 1. The third-order valence-corrected chi connectivity index (χ3v) is 3.62. The number of hydrogen-bond acceptors (Lipinski definition) is 3. The summed E-state index contributed by atoms with van der Waals surface area (Å²) in [6.07, 6.45) is 5.18. The fourth-order valence-corrected chi connectivity index (χ4v) is 2.37. The van der Waals surface area contributed by atoms with Crippen molar-refractivity contribution in [3.05, 3.63) is 47.3 Å². The largest absolute Gasteiger partial charge is 0.496 e. The molecule has 2 aromatic rings. The number of nitrogens with one attached hydrogen (secondary N) is 1. The lowest BCUT2D eigenvalue weighted by molar-refractivity contribution is 0.407. The second kappa shape index (κ2) is 7.27. The van der Waals surface area contributed by atoms with E-state index in [1.54, 1.807) is 7.11 Å². The SMILES string of the molecule is CCCNC(C)c1cnn(Cc2cc(C)ccc2OC)c1. The van der Waals surface area contributed by atoms with Gasteiger partial charge in [0.05, 0.1) is 19.9 Å². The van der Waals surface area contributed by atoms with Gasteiger partial charge in [0.2, 0.25) is 0 Å². The predicted molar refractivity (Wildman–Crippen MR) is 85.8 cm³/mol. The molecule has 0 saturated heterocycles. The van der Waals surface area contributed by atoms with E-state index in [9.17, 15) is 0 Å². The quantitative estimate of drug-likeness (QED) is 0.849. The molecule has 1 aromatic heterocycles. The first-order valence-electron chi connectivity index (χ1n) is 7.53. The highest BCUT2D eigenvalue weighted by atomic mass is 16.5. The van der Waals surface area contributed by atoms with Gasteiger partial charge >= 0.3 is 0 Å². The van der Waals surface area contributed by atoms with E-state index in [0.29, 0.717) is 6.04 Å². The third kappa shape index (κ3) is 4.08. The Morgan fingerprint density at radius 3 is 2.90 bits per heavy atom. The Labute approximate surface area is 127 Å². The van der Waals surface area contributed by atoms with Crippen LogP contribution in [-0.4, -0.2) is 23.4 Å². The van der Waals surface area contributed by atoms with Crippen LogP contribution >= 0.6 is 0 Å². The highest BCUT2D eigenvalue weighted by Gasteiger charge is 2.09. The molecule has 0 bridgehead atoms. The van der Waals surface area contributed by atoms with Gasteiger partial charge in [-0.2, -0.15) is 5.10 Å². The summed E-state index contributed by atoms with van der Waals surface area (Å²) < 4.78 is 7.40. The Morgan fingerprint density at radius 1 is 1.38 bits per heavy atom. The second-order valence-electron chi connectivity index (χ2n) is 5.46. The smallest absolute Gasteiger partial charge is 0.123 e. The number of aryl methyl sites for hydroxylation is 1. The molecule has 21 heavy (non-hydrogen) atoms. The van der Waals surface area contributed by atoms with Crippen LogP contribution < -0.4 is 10.1 Å². The first kappa shape index (κ1) is 15.6. The summed E-state index contributed by atoms with van der Waals surface area (Å²) in [5.41, 5.74) is 3.60. The van der Waals surface area contributed by atoms with Gasteiger partial charge in [-0.05, 0) is 32.9 Å². The van der Waals surface area contributed by atoms with Crippen molar-refractivity contribution >= 4 is 0 Å². The van der Waals surface area contributed by atoms with Gasteiger partial charge in [-0.15, -0.1) is 0 Å². The van der Waals surface area contributed by atoms with Gasteiger partial charge in [-0.3, -0.25) is 4.68 Å². The lowest BCUT2D eigenvalue weighted by Crippen LogP contribution is -2.18. The highest BCUT2D eigenvalue weighted by Crippen LogP contribution is 2.21. The van der Waals surface area contributed by atoms with E-state index in [1.807, 2.05) is 16.9 Å². The molecule has 0 aliphatic heterocycles. The maximum Gasteiger partial charge on any atom is 0.123 e. The Bertz CT molecular complexity index is 577. The zero-order valence-corrected chi connectivity index (χ0v) is 13.4. The van der Waals surface area contributed by atoms with E-state index in [0.717, 1.165) is 30.8 Å². The summed E-state index contributed by atoms with van der Waals surface area (Å²) in [6, 6.07) is 6.56. The minimum atomic E-state index is 0.332. The van der Waals surface area contributed by atoms with Crippen LogP contribution in [0.15, 0.2) is 30.6 Å². The van der Waals surface area contributed by atoms with E-state index in [-0.39, 0.29) is 0 Å². The van der Waals surface area contributed by atoms with Crippen LogP contribution in [0.5, 0.6) is 5.75 Å². The number of ether oxygens (including phenoxy) is 1. The third-order valence-electron chi connectivity index (χ3n) is 3.62. The summed E-state index contributed by atoms with van der Waals surface area (Å²) in [5, 5.41) is 7.95. The minimum Gasteiger partial charge on any atom is -0.496 e. The number of hydrogen-bond donors (Lipinski definition) is 1. The molecule has 1 atom stereocenters. The summed E-state index contributed by atoms with van der Waals surface area (Å²) in [4.78, 5) is 0. The van der Waals surface area contributed by atoms with Crippen LogP contribution in [0.4, 0.5) is 0 Å². The van der Waals surface area contributed by atoms with Crippen molar-refractivity contribution in [2.24, 2.45) is 0 Å². The number of aromatic nitrogens is 2.